The van der Waals surface area contributed by atoms with Gasteiger partial charge in [0.2, 0.25) is 0 Å². The summed E-state index contributed by atoms with van der Waals surface area (Å²) in [5.41, 5.74) is 7.87. The Morgan fingerprint density at radius 3 is 2.70 bits per heavy atom. The van der Waals surface area contributed by atoms with Crippen molar-refractivity contribution in [1.82, 2.24) is 0 Å². The van der Waals surface area contributed by atoms with Crippen LogP contribution in [0.15, 0.2) is 28.3 Å². The molecular formula is C15H23N3OS. The molecule has 2 rings (SSSR count). The first kappa shape index (κ1) is 15.0. The molecule has 0 bridgehead atoms. The molecule has 0 heterocycles. The minimum Gasteiger partial charge on any atom is -0.409 e. The lowest BCUT2D eigenvalue weighted by Crippen LogP contribution is -2.35. The van der Waals surface area contributed by atoms with Crippen LogP contribution in [-0.4, -0.2) is 29.9 Å². The molecule has 20 heavy (non-hydrogen) atoms. The van der Waals surface area contributed by atoms with Crippen LogP contribution < -0.4 is 10.6 Å². The van der Waals surface area contributed by atoms with E-state index in [4.69, 9.17) is 10.9 Å². The molecule has 1 aromatic rings. The second-order valence-corrected chi connectivity index (χ2v) is 5.91. The summed E-state index contributed by atoms with van der Waals surface area (Å²) in [6.07, 6.45) is 7.06. The van der Waals surface area contributed by atoms with E-state index < -0.39 is 0 Å². The number of amidine groups is 1. The van der Waals surface area contributed by atoms with E-state index in [1.54, 1.807) is 11.8 Å². The highest BCUT2D eigenvalue weighted by molar-refractivity contribution is 7.98. The summed E-state index contributed by atoms with van der Waals surface area (Å²) in [4.78, 5) is 3.45. The van der Waals surface area contributed by atoms with Crippen molar-refractivity contribution in [2.75, 3.05) is 17.7 Å². The maximum Gasteiger partial charge on any atom is 0.173 e. The van der Waals surface area contributed by atoms with Gasteiger partial charge < -0.3 is 15.8 Å². The van der Waals surface area contributed by atoms with E-state index in [0.29, 0.717) is 6.04 Å². The van der Waals surface area contributed by atoms with Gasteiger partial charge in [-0.3, -0.25) is 0 Å². The monoisotopic (exact) mass is 293 g/mol. The molecule has 110 valence electrons. The molecule has 1 aliphatic carbocycles. The number of nitrogens with two attached hydrogens (primary N) is 1. The van der Waals surface area contributed by atoms with E-state index in [2.05, 4.69) is 23.0 Å². The Morgan fingerprint density at radius 1 is 1.45 bits per heavy atom. The van der Waals surface area contributed by atoms with Gasteiger partial charge in [0.05, 0.1) is 5.56 Å². The lowest BCUT2D eigenvalue weighted by molar-refractivity contribution is 0.318. The molecule has 0 amide bonds. The molecule has 1 saturated carbocycles. The van der Waals surface area contributed by atoms with E-state index in [1.807, 2.05) is 18.4 Å². The Kier molecular flexibility index (Phi) is 5.17. The van der Waals surface area contributed by atoms with Gasteiger partial charge in [-0.25, -0.2) is 0 Å². The van der Waals surface area contributed by atoms with Crippen molar-refractivity contribution in [2.24, 2.45) is 10.9 Å². The lowest BCUT2D eigenvalue weighted by Gasteiger charge is -2.32. The number of anilines is 1. The molecule has 0 aliphatic heterocycles. The zero-order chi connectivity index (χ0) is 14.5. The standard InChI is InChI=1S/C15H23N3OS/c1-3-18(11-7-4-5-8-11)12-9-6-10-13(20-2)14(12)15(16)17-19/h6,9-11,19H,3-5,7-8H2,1-2H3,(H2,16,17). The fourth-order valence-corrected chi connectivity index (χ4v) is 3.71. The van der Waals surface area contributed by atoms with Crippen LogP contribution in [0.1, 0.15) is 38.2 Å². The van der Waals surface area contributed by atoms with Crippen molar-refractivity contribution >= 4 is 23.3 Å². The van der Waals surface area contributed by atoms with Crippen molar-refractivity contribution in [1.29, 1.82) is 0 Å². The molecule has 1 aliphatic rings. The Morgan fingerprint density at radius 2 is 2.15 bits per heavy atom. The van der Waals surface area contributed by atoms with Gasteiger partial charge in [0.25, 0.3) is 0 Å². The molecule has 5 heteroatoms. The van der Waals surface area contributed by atoms with Crippen molar-refractivity contribution < 1.29 is 5.21 Å². The molecule has 0 aromatic heterocycles. The number of hydrogen-bond donors (Lipinski definition) is 2. The van der Waals surface area contributed by atoms with Gasteiger partial charge in [-0.15, -0.1) is 11.8 Å². The minimum absolute atomic E-state index is 0.196. The zero-order valence-electron chi connectivity index (χ0n) is 12.2. The third kappa shape index (κ3) is 2.87. The van der Waals surface area contributed by atoms with Gasteiger partial charge in [0, 0.05) is 23.2 Å². The van der Waals surface area contributed by atoms with Gasteiger partial charge in [-0.1, -0.05) is 24.1 Å². The summed E-state index contributed by atoms with van der Waals surface area (Å²) in [5.74, 6) is 0.196. The number of nitrogens with zero attached hydrogens (tertiary/aromatic N) is 2. The molecule has 1 fully saturated rings. The minimum atomic E-state index is 0.196. The topological polar surface area (TPSA) is 61.8 Å². The molecule has 0 saturated heterocycles. The van der Waals surface area contributed by atoms with Crippen LogP contribution in [0.4, 0.5) is 5.69 Å². The summed E-state index contributed by atoms with van der Waals surface area (Å²) >= 11 is 1.63. The van der Waals surface area contributed by atoms with Crippen LogP contribution >= 0.6 is 11.8 Å². The summed E-state index contributed by atoms with van der Waals surface area (Å²) in [5, 5.41) is 12.3. The summed E-state index contributed by atoms with van der Waals surface area (Å²) in [6.45, 7) is 3.11. The van der Waals surface area contributed by atoms with E-state index in [9.17, 15) is 0 Å². The Hall–Kier alpha value is -1.36. The van der Waals surface area contributed by atoms with Gasteiger partial charge in [-0.05, 0) is 38.2 Å². The van der Waals surface area contributed by atoms with Crippen molar-refractivity contribution in [3.05, 3.63) is 23.8 Å². The highest BCUT2D eigenvalue weighted by Crippen LogP contribution is 2.34. The fraction of sp³-hybridized carbons (Fsp3) is 0.533. The van der Waals surface area contributed by atoms with Crippen molar-refractivity contribution in [2.45, 2.75) is 43.5 Å². The first-order valence-corrected chi connectivity index (χ1v) is 8.37. The zero-order valence-corrected chi connectivity index (χ0v) is 13.0. The average molecular weight is 293 g/mol. The summed E-state index contributed by atoms with van der Waals surface area (Å²) in [6, 6.07) is 6.72. The highest BCUT2D eigenvalue weighted by Gasteiger charge is 2.25. The maximum absolute atomic E-state index is 9.09. The van der Waals surface area contributed by atoms with E-state index in [0.717, 1.165) is 22.7 Å². The van der Waals surface area contributed by atoms with Crippen molar-refractivity contribution in [3.63, 3.8) is 0 Å². The third-order valence-corrected chi connectivity index (χ3v) is 4.78. The maximum atomic E-state index is 9.09. The smallest absolute Gasteiger partial charge is 0.173 e. The first-order valence-electron chi connectivity index (χ1n) is 7.14. The number of benzene rings is 1. The Bertz CT molecular complexity index is 484. The fourth-order valence-electron chi connectivity index (χ4n) is 3.08. The van der Waals surface area contributed by atoms with Crippen LogP contribution in [0, 0.1) is 0 Å². The second-order valence-electron chi connectivity index (χ2n) is 5.06. The van der Waals surface area contributed by atoms with E-state index in [1.165, 1.54) is 25.7 Å². The second kappa shape index (κ2) is 6.88. The van der Waals surface area contributed by atoms with Crippen LogP contribution in [0.5, 0.6) is 0 Å². The summed E-state index contributed by atoms with van der Waals surface area (Å²) in [7, 11) is 0. The summed E-state index contributed by atoms with van der Waals surface area (Å²) < 4.78 is 0. The van der Waals surface area contributed by atoms with Crippen LogP contribution in [0.25, 0.3) is 0 Å². The first-order chi connectivity index (χ1) is 9.72. The van der Waals surface area contributed by atoms with Crippen LogP contribution in [0.3, 0.4) is 0 Å². The van der Waals surface area contributed by atoms with Crippen LogP contribution in [-0.2, 0) is 0 Å². The predicted octanol–water partition coefficient (Wildman–Crippen LogP) is 3.27. The highest BCUT2D eigenvalue weighted by atomic mass is 32.2. The molecule has 0 unspecified atom stereocenters. The van der Waals surface area contributed by atoms with E-state index in [-0.39, 0.29) is 5.84 Å². The van der Waals surface area contributed by atoms with Crippen LogP contribution in [0.2, 0.25) is 0 Å². The van der Waals surface area contributed by atoms with Gasteiger partial charge in [-0.2, -0.15) is 0 Å². The Balaban J connectivity index is 2.48. The number of thioether (sulfide) groups is 1. The SMILES string of the molecule is CCN(c1cccc(SC)c1/C(N)=N/O)C1CCCC1. The molecule has 1 aromatic carbocycles. The number of hydrogen-bond acceptors (Lipinski definition) is 4. The number of oxime groups is 1. The molecule has 0 radical (unpaired) electrons. The molecule has 0 atom stereocenters. The predicted molar refractivity (Wildman–Crippen MR) is 86.0 cm³/mol. The molecule has 4 nitrogen and oxygen atoms in total. The molecule has 0 spiro atoms. The van der Waals surface area contributed by atoms with Crippen molar-refractivity contribution in [3.8, 4) is 0 Å². The van der Waals surface area contributed by atoms with Gasteiger partial charge >= 0.3 is 0 Å². The largest absolute Gasteiger partial charge is 0.409 e. The normalized spacial score (nSPS) is 16.6. The third-order valence-electron chi connectivity index (χ3n) is 4.00. The molecule has 3 N–H and O–H groups in total. The quantitative estimate of drug-likeness (QED) is 0.287. The Labute approximate surface area is 125 Å². The van der Waals surface area contributed by atoms with E-state index >= 15 is 0 Å². The van der Waals surface area contributed by atoms with Gasteiger partial charge in [0.15, 0.2) is 5.84 Å². The lowest BCUT2D eigenvalue weighted by atomic mass is 10.1. The molecular weight excluding hydrogens is 270 g/mol. The number of rotatable bonds is 5. The average Bonchev–Trinajstić information content (AvgIpc) is 3.01. The van der Waals surface area contributed by atoms with Gasteiger partial charge in [0.1, 0.15) is 0 Å².